The fraction of sp³-hybridized carbons (Fsp3) is 0.357. The highest BCUT2D eigenvalue weighted by atomic mass is 35.5. The van der Waals surface area contributed by atoms with Gasteiger partial charge in [-0.05, 0) is 30.5 Å². The van der Waals surface area contributed by atoms with Crippen molar-refractivity contribution in [3.63, 3.8) is 0 Å². The van der Waals surface area contributed by atoms with E-state index in [-0.39, 0.29) is 5.92 Å². The third kappa shape index (κ3) is 2.74. The monoisotopic (exact) mass is 266 g/mol. The topological polar surface area (TPSA) is 57.5 Å². The van der Waals surface area contributed by atoms with E-state index in [4.69, 9.17) is 11.6 Å². The standard InChI is InChI=1S/C14H15ClO3/c15-10-7-5-9(6-8-10)13(16)11-3-1-2-4-12(11)14(17)18/h1-2,5-8,11-13,16H,3-4H2,(H,17,18). The molecule has 96 valence electrons. The van der Waals surface area contributed by atoms with Crippen molar-refractivity contribution in [3.8, 4) is 0 Å². The molecule has 1 aromatic carbocycles. The molecule has 0 spiro atoms. The molecule has 1 aliphatic carbocycles. The second kappa shape index (κ2) is 5.55. The van der Waals surface area contributed by atoms with Crippen LogP contribution in [-0.4, -0.2) is 16.2 Å². The molecule has 18 heavy (non-hydrogen) atoms. The minimum atomic E-state index is -0.850. The van der Waals surface area contributed by atoms with Gasteiger partial charge in [0, 0.05) is 10.9 Å². The van der Waals surface area contributed by atoms with Gasteiger partial charge in [-0.1, -0.05) is 35.9 Å². The van der Waals surface area contributed by atoms with Crippen LogP contribution in [0.1, 0.15) is 24.5 Å². The summed E-state index contributed by atoms with van der Waals surface area (Å²) < 4.78 is 0. The molecule has 0 saturated carbocycles. The molecule has 1 aromatic rings. The first-order valence-electron chi connectivity index (χ1n) is 5.91. The van der Waals surface area contributed by atoms with E-state index in [0.717, 1.165) is 0 Å². The summed E-state index contributed by atoms with van der Waals surface area (Å²) in [7, 11) is 0. The molecule has 3 nitrogen and oxygen atoms in total. The van der Waals surface area contributed by atoms with Gasteiger partial charge in [0.25, 0.3) is 0 Å². The van der Waals surface area contributed by atoms with E-state index >= 15 is 0 Å². The molecular weight excluding hydrogens is 252 g/mol. The number of aliphatic hydroxyl groups excluding tert-OH is 1. The molecule has 0 fully saturated rings. The Hall–Kier alpha value is -1.32. The third-order valence-corrected chi connectivity index (χ3v) is 3.67. The molecule has 3 unspecified atom stereocenters. The minimum Gasteiger partial charge on any atom is -0.481 e. The Morgan fingerprint density at radius 1 is 1.22 bits per heavy atom. The van der Waals surface area contributed by atoms with Gasteiger partial charge in [0.05, 0.1) is 12.0 Å². The Bertz CT molecular complexity index is 453. The zero-order valence-corrected chi connectivity index (χ0v) is 10.5. The molecular formula is C14H15ClO3. The van der Waals surface area contributed by atoms with Crippen LogP contribution in [0.4, 0.5) is 0 Å². The number of benzene rings is 1. The number of halogens is 1. The highest BCUT2D eigenvalue weighted by Crippen LogP contribution is 2.36. The van der Waals surface area contributed by atoms with Crippen molar-refractivity contribution in [2.24, 2.45) is 11.8 Å². The van der Waals surface area contributed by atoms with E-state index in [2.05, 4.69) is 0 Å². The van der Waals surface area contributed by atoms with Crippen LogP contribution in [0.2, 0.25) is 5.02 Å². The SMILES string of the molecule is O=C(O)C1CC=CCC1C(O)c1ccc(Cl)cc1. The predicted molar refractivity (Wildman–Crippen MR) is 69.4 cm³/mol. The maximum absolute atomic E-state index is 11.2. The molecule has 1 aliphatic rings. The Balaban J connectivity index is 2.21. The molecule has 0 aliphatic heterocycles. The van der Waals surface area contributed by atoms with Gasteiger partial charge in [0.2, 0.25) is 0 Å². The fourth-order valence-electron chi connectivity index (χ4n) is 2.38. The van der Waals surface area contributed by atoms with Gasteiger partial charge in [-0.2, -0.15) is 0 Å². The molecule has 4 heteroatoms. The Labute approximate surface area is 111 Å². The van der Waals surface area contributed by atoms with Crippen molar-refractivity contribution < 1.29 is 15.0 Å². The predicted octanol–water partition coefficient (Wildman–Crippen LogP) is 3.04. The number of carboxylic acids is 1. The smallest absolute Gasteiger partial charge is 0.307 e. The second-order valence-corrected chi connectivity index (χ2v) is 4.98. The van der Waals surface area contributed by atoms with Crippen LogP contribution in [0.5, 0.6) is 0 Å². The molecule has 0 aromatic heterocycles. The van der Waals surface area contributed by atoms with Gasteiger partial charge in [0.15, 0.2) is 0 Å². The maximum atomic E-state index is 11.2. The Morgan fingerprint density at radius 2 is 1.83 bits per heavy atom. The van der Waals surface area contributed by atoms with E-state index in [1.807, 2.05) is 12.2 Å². The van der Waals surface area contributed by atoms with Gasteiger partial charge in [-0.25, -0.2) is 0 Å². The molecule has 2 rings (SSSR count). The summed E-state index contributed by atoms with van der Waals surface area (Å²) in [6.45, 7) is 0. The minimum absolute atomic E-state index is 0.284. The lowest BCUT2D eigenvalue weighted by Crippen LogP contribution is -2.29. The molecule has 2 N–H and O–H groups in total. The number of allylic oxidation sites excluding steroid dienone is 2. The fourth-order valence-corrected chi connectivity index (χ4v) is 2.50. The maximum Gasteiger partial charge on any atom is 0.307 e. The first-order valence-corrected chi connectivity index (χ1v) is 6.28. The van der Waals surface area contributed by atoms with Crippen LogP contribution in [0.15, 0.2) is 36.4 Å². The number of hydrogen-bond acceptors (Lipinski definition) is 2. The molecule has 0 heterocycles. The van der Waals surface area contributed by atoms with Crippen LogP contribution < -0.4 is 0 Å². The summed E-state index contributed by atoms with van der Waals surface area (Å²) in [4.78, 5) is 11.2. The summed E-state index contributed by atoms with van der Waals surface area (Å²) in [6.07, 6.45) is 4.09. The van der Waals surface area contributed by atoms with E-state index in [0.29, 0.717) is 23.4 Å². The van der Waals surface area contributed by atoms with Crippen molar-refractivity contribution in [2.75, 3.05) is 0 Å². The quantitative estimate of drug-likeness (QED) is 0.827. The highest BCUT2D eigenvalue weighted by molar-refractivity contribution is 6.30. The van der Waals surface area contributed by atoms with Crippen LogP contribution >= 0.6 is 11.6 Å². The first kappa shape index (κ1) is 13.1. The summed E-state index contributed by atoms with van der Waals surface area (Å²) in [5.74, 6) is -1.66. The largest absolute Gasteiger partial charge is 0.481 e. The number of rotatable bonds is 3. The molecule has 0 amide bonds. The molecule has 0 bridgehead atoms. The second-order valence-electron chi connectivity index (χ2n) is 4.55. The molecule has 0 radical (unpaired) electrons. The van der Waals surface area contributed by atoms with Crippen LogP contribution in [0, 0.1) is 11.8 Å². The first-order chi connectivity index (χ1) is 8.59. The lowest BCUT2D eigenvalue weighted by Gasteiger charge is -2.29. The normalized spacial score (nSPS) is 24.8. The van der Waals surface area contributed by atoms with E-state index in [9.17, 15) is 15.0 Å². The van der Waals surface area contributed by atoms with E-state index < -0.39 is 18.0 Å². The number of aliphatic carboxylic acids is 1. The van der Waals surface area contributed by atoms with Gasteiger partial charge in [-0.3, -0.25) is 4.79 Å². The number of aliphatic hydroxyl groups is 1. The summed E-state index contributed by atoms with van der Waals surface area (Å²) in [5.41, 5.74) is 0.714. The Kier molecular flexibility index (Phi) is 4.04. The zero-order chi connectivity index (χ0) is 13.1. The van der Waals surface area contributed by atoms with E-state index in [1.54, 1.807) is 24.3 Å². The average molecular weight is 267 g/mol. The van der Waals surface area contributed by atoms with Crippen molar-refractivity contribution in [1.82, 2.24) is 0 Å². The van der Waals surface area contributed by atoms with Crippen molar-refractivity contribution in [3.05, 3.63) is 47.0 Å². The van der Waals surface area contributed by atoms with Crippen molar-refractivity contribution in [2.45, 2.75) is 18.9 Å². The van der Waals surface area contributed by atoms with Crippen molar-refractivity contribution >= 4 is 17.6 Å². The van der Waals surface area contributed by atoms with E-state index in [1.165, 1.54) is 0 Å². The van der Waals surface area contributed by atoms with Gasteiger partial charge < -0.3 is 10.2 Å². The Morgan fingerprint density at radius 3 is 2.44 bits per heavy atom. The van der Waals surface area contributed by atoms with Crippen LogP contribution in [-0.2, 0) is 4.79 Å². The van der Waals surface area contributed by atoms with Crippen molar-refractivity contribution in [1.29, 1.82) is 0 Å². The zero-order valence-electron chi connectivity index (χ0n) is 9.79. The number of carboxylic acid groups (broad SMARTS) is 1. The highest BCUT2D eigenvalue weighted by Gasteiger charge is 2.34. The van der Waals surface area contributed by atoms with Gasteiger partial charge in [-0.15, -0.1) is 0 Å². The summed E-state index contributed by atoms with van der Waals surface area (Å²) >= 11 is 5.79. The summed E-state index contributed by atoms with van der Waals surface area (Å²) in [5, 5.41) is 20.1. The van der Waals surface area contributed by atoms with Crippen LogP contribution in [0.25, 0.3) is 0 Å². The lowest BCUT2D eigenvalue weighted by molar-refractivity contribution is -0.145. The third-order valence-electron chi connectivity index (χ3n) is 3.42. The average Bonchev–Trinajstić information content (AvgIpc) is 2.39. The number of carbonyl (C=O) groups is 1. The van der Waals surface area contributed by atoms with Gasteiger partial charge >= 0.3 is 5.97 Å². The molecule has 3 atom stereocenters. The summed E-state index contributed by atoms with van der Waals surface area (Å²) in [6, 6.07) is 6.89. The van der Waals surface area contributed by atoms with Crippen LogP contribution in [0.3, 0.4) is 0 Å². The molecule has 0 saturated heterocycles. The van der Waals surface area contributed by atoms with Gasteiger partial charge in [0.1, 0.15) is 0 Å². The lowest BCUT2D eigenvalue weighted by atomic mass is 9.77. The number of hydrogen-bond donors (Lipinski definition) is 2.